The van der Waals surface area contributed by atoms with E-state index in [1.165, 1.54) is 5.69 Å². The summed E-state index contributed by atoms with van der Waals surface area (Å²) in [5, 5.41) is 4.30. The fourth-order valence-electron chi connectivity index (χ4n) is 4.55. The molecule has 1 saturated heterocycles. The average molecular weight is 480 g/mol. The maximum Gasteiger partial charge on any atom is 0.410 e. The summed E-state index contributed by atoms with van der Waals surface area (Å²) >= 11 is 0. The summed E-state index contributed by atoms with van der Waals surface area (Å²) in [6.45, 7) is 14.9. The van der Waals surface area contributed by atoms with Crippen LogP contribution < -0.4 is 10.2 Å². The number of fused-ring (bicyclic) bond motifs is 1. The van der Waals surface area contributed by atoms with Crippen LogP contribution in [0.3, 0.4) is 0 Å². The second-order valence-electron chi connectivity index (χ2n) is 10.1. The number of hydrogen-bond donors (Lipinski definition) is 1. The lowest BCUT2D eigenvalue weighted by molar-refractivity contribution is 0.0240. The van der Waals surface area contributed by atoms with E-state index in [4.69, 9.17) is 9.72 Å². The van der Waals surface area contributed by atoms with Gasteiger partial charge in [0.1, 0.15) is 17.1 Å². The van der Waals surface area contributed by atoms with Gasteiger partial charge in [0.05, 0.1) is 11.9 Å². The molecule has 3 aromatic rings. The summed E-state index contributed by atoms with van der Waals surface area (Å²) in [4.78, 5) is 30.2. The summed E-state index contributed by atoms with van der Waals surface area (Å²) in [7, 11) is 0. The summed E-state index contributed by atoms with van der Waals surface area (Å²) in [6, 6.07) is 6.54. The number of hydrogen-bond acceptors (Lipinski definition) is 7. The third-order valence-electron chi connectivity index (χ3n) is 6.36. The average Bonchev–Trinajstić information content (AvgIpc) is 3.15. The molecule has 9 nitrogen and oxygen atoms in total. The number of piperazine rings is 1. The molecule has 35 heavy (non-hydrogen) atoms. The molecule has 1 fully saturated rings. The van der Waals surface area contributed by atoms with E-state index >= 15 is 0 Å². The minimum absolute atomic E-state index is 0.252. The van der Waals surface area contributed by atoms with E-state index in [1.54, 1.807) is 4.90 Å². The van der Waals surface area contributed by atoms with E-state index in [9.17, 15) is 4.79 Å². The largest absolute Gasteiger partial charge is 0.444 e. The molecule has 0 saturated carbocycles. The van der Waals surface area contributed by atoms with Crippen LogP contribution in [0.4, 0.5) is 22.2 Å². The van der Waals surface area contributed by atoms with Crippen molar-refractivity contribution in [2.75, 3.05) is 36.4 Å². The first kappa shape index (κ1) is 24.8. The Kier molecular flexibility index (Phi) is 7.14. The maximum atomic E-state index is 12.3. The molecule has 1 amide bonds. The van der Waals surface area contributed by atoms with Gasteiger partial charge in [-0.2, -0.15) is 4.98 Å². The molecule has 1 aliphatic rings. The highest BCUT2D eigenvalue weighted by molar-refractivity contribution is 5.78. The van der Waals surface area contributed by atoms with E-state index in [-0.39, 0.29) is 6.09 Å². The Morgan fingerprint density at radius 1 is 1.09 bits per heavy atom. The van der Waals surface area contributed by atoms with Crippen LogP contribution in [-0.4, -0.2) is 62.3 Å². The quantitative estimate of drug-likeness (QED) is 0.513. The van der Waals surface area contributed by atoms with Crippen molar-refractivity contribution in [3.05, 3.63) is 36.3 Å². The van der Waals surface area contributed by atoms with Crippen molar-refractivity contribution < 1.29 is 9.53 Å². The van der Waals surface area contributed by atoms with Gasteiger partial charge in [0.2, 0.25) is 5.95 Å². The topological polar surface area (TPSA) is 88.4 Å². The van der Waals surface area contributed by atoms with E-state index in [0.29, 0.717) is 30.9 Å². The van der Waals surface area contributed by atoms with Crippen molar-refractivity contribution in [2.45, 2.75) is 66.0 Å². The van der Waals surface area contributed by atoms with Crippen LogP contribution in [0.1, 0.15) is 59.2 Å². The number of nitrogens with zero attached hydrogens (tertiary/aromatic N) is 6. The molecular weight excluding hydrogens is 442 g/mol. The number of anilines is 3. The monoisotopic (exact) mass is 479 g/mol. The number of rotatable bonds is 6. The zero-order chi connectivity index (χ0) is 25.2. The van der Waals surface area contributed by atoms with Crippen LogP contribution in [0.5, 0.6) is 0 Å². The lowest BCUT2D eigenvalue weighted by Crippen LogP contribution is -2.50. The first-order chi connectivity index (χ1) is 16.7. The molecule has 188 valence electrons. The fraction of sp³-hybridized carbons (Fsp3) is 0.538. The third kappa shape index (κ3) is 5.66. The number of carbonyl (C=O) groups is 1. The minimum Gasteiger partial charge on any atom is -0.444 e. The van der Waals surface area contributed by atoms with Gasteiger partial charge in [-0.25, -0.2) is 14.8 Å². The molecule has 4 heterocycles. The number of aromatic nitrogens is 4. The van der Waals surface area contributed by atoms with Gasteiger partial charge in [0.15, 0.2) is 0 Å². The second kappa shape index (κ2) is 10.1. The second-order valence-corrected chi connectivity index (χ2v) is 10.1. The Hall–Kier alpha value is -3.36. The van der Waals surface area contributed by atoms with Gasteiger partial charge in [0, 0.05) is 49.5 Å². The summed E-state index contributed by atoms with van der Waals surface area (Å²) in [5.74, 6) is 1.23. The molecule has 0 aliphatic carbocycles. The molecule has 0 atom stereocenters. The zero-order valence-corrected chi connectivity index (χ0v) is 21.7. The molecule has 1 N–H and O–H groups in total. The number of nitrogens with one attached hydrogen (secondary N) is 1. The molecule has 0 spiro atoms. The smallest absolute Gasteiger partial charge is 0.410 e. The Morgan fingerprint density at radius 2 is 1.80 bits per heavy atom. The fourth-order valence-corrected chi connectivity index (χ4v) is 4.55. The number of pyridine rings is 1. The van der Waals surface area contributed by atoms with Crippen molar-refractivity contribution in [2.24, 2.45) is 0 Å². The van der Waals surface area contributed by atoms with Gasteiger partial charge in [-0.3, -0.25) is 0 Å². The number of carbonyl (C=O) groups excluding carboxylic acids is 1. The van der Waals surface area contributed by atoms with Gasteiger partial charge in [-0.1, -0.05) is 13.8 Å². The van der Waals surface area contributed by atoms with E-state index in [0.717, 1.165) is 42.7 Å². The first-order valence-corrected chi connectivity index (χ1v) is 12.5. The zero-order valence-electron chi connectivity index (χ0n) is 21.7. The van der Waals surface area contributed by atoms with Crippen LogP contribution in [0.25, 0.3) is 11.0 Å². The van der Waals surface area contributed by atoms with Gasteiger partial charge in [-0.15, -0.1) is 0 Å². The predicted molar refractivity (Wildman–Crippen MR) is 139 cm³/mol. The molecule has 4 rings (SSSR count). The van der Waals surface area contributed by atoms with E-state index in [1.807, 2.05) is 45.3 Å². The predicted octanol–water partition coefficient (Wildman–Crippen LogP) is 5.30. The van der Waals surface area contributed by atoms with Crippen molar-refractivity contribution >= 4 is 34.6 Å². The number of aryl methyl sites for hydroxylation is 1. The Balaban J connectivity index is 1.41. The maximum absolute atomic E-state index is 12.3. The molecule has 3 aromatic heterocycles. The molecule has 1 aliphatic heterocycles. The SMILES string of the molecule is CCC(CC)n1c(C)cc2cnc(Nc3ccc(N4CCN(C(=O)OC(C)(C)C)CC4)cn3)nc21. The molecular formula is C26H37N7O2. The summed E-state index contributed by atoms with van der Waals surface area (Å²) in [6.07, 6.45) is 5.58. The minimum atomic E-state index is -0.481. The van der Waals surface area contributed by atoms with Crippen molar-refractivity contribution in [1.29, 1.82) is 0 Å². The summed E-state index contributed by atoms with van der Waals surface area (Å²) < 4.78 is 7.80. The van der Waals surface area contributed by atoms with E-state index < -0.39 is 5.60 Å². The molecule has 0 radical (unpaired) electrons. The Labute approximate surface area is 207 Å². The van der Waals surface area contributed by atoms with Crippen LogP contribution >= 0.6 is 0 Å². The highest BCUT2D eigenvalue weighted by Crippen LogP contribution is 2.27. The molecule has 0 unspecified atom stereocenters. The molecule has 0 aromatic carbocycles. The van der Waals surface area contributed by atoms with Crippen molar-refractivity contribution in [3.8, 4) is 0 Å². The molecule has 9 heteroatoms. The van der Waals surface area contributed by atoms with Crippen molar-refractivity contribution in [3.63, 3.8) is 0 Å². The lowest BCUT2D eigenvalue weighted by Gasteiger charge is -2.36. The van der Waals surface area contributed by atoms with Crippen LogP contribution in [0, 0.1) is 6.92 Å². The lowest BCUT2D eigenvalue weighted by atomic mass is 10.1. The number of amides is 1. The summed E-state index contributed by atoms with van der Waals surface area (Å²) in [5.41, 5.74) is 2.70. The normalized spacial score (nSPS) is 14.6. The number of ether oxygens (including phenoxy) is 1. The van der Waals surface area contributed by atoms with Gasteiger partial charge in [-0.05, 0) is 58.7 Å². The van der Waals surface area contributed by atoms with Gasteiger partial charge >= 0.3 is 6.09 Å². The third-order valence-corrected chi connectivity index (χ3v) is 6.36. The van der Waals surface area contributed by atoms with Crippen molar-refractivity contribution in [1.82, 2.24) is 24.4 Å². The Morgan fingerprint density at radius 3 is 2.40 bits per heavy atom. The van der Waals surface area contributed by atoms with Crippen LogP contribution in [-0.2, 0) is 4.74 Å². The van der Waals surface area contributed by atoms with Crippen LogP contribution in [0.15, 0.2) is 30.6 Å². The van der Waals surface area contributed by atoms with Gasteiger partial charge in [0.25, 0.3) is 0 Å². The molecule has 0 bridgehead atoms. The van der Waals surface area contributed by atoms with E-state index in [2.05, 4.69) is 51.6 Å². The highest BCUT2D eigenvalue weighted by atomic mass is 16.6. The standard InChI is InChI=1S/C26H37N7O2/c1-7-20(8-2)33-18(3)15-19-16-28-24(30-23(19)33)29-22-10-9-21(17-27-22)31-11-13-32(14-12-31)25(34)35-26(4,5)6/h9-10,15-17,20H,7-8,11-14H2,1-6H3,(H,27,28,29,30). The van der Waals surface area contributed by atoms with Gasteiger partial charge < -0.3 is 24.4 Å². The van der Waals surface area contributed by atoms with Crippen LogP contribution in [0.2, 0.25) is 0 Å². The highest BCUT2D eigenvalue weighted by Gasteiger charge is 2.26. The first-order valence-electron chi connectivity index (χ1n) is 12.5. The Bertz CT molecular complexity index is 1150.